The third-order valence-electron chi connectivity index (χ3n) is 4.06. The maximum absolute atomic E-state index is 12.0. The molecular formula is C13H19N3O3. The van der Waals surface area contributed by atoms with E-state index in [9.17, 15) is 14.7 Å². The van der Waals surface area contributed by atoms with Gasteiger partial charge in [0.25, 0.3) is 5.91 Å². The summed E-state index contributed by atoms with van der Waals surface area (Å²) in [7, 11) is 0. The van der Waals surface area contributed by atoms with Crippen molar-refractivity contribution in [2.75, 3.05) is 0 Å². The van der Waals surface area contributed by atoms with E-state index >= 15 is 0 Å². The topological polar surface area (TPSA) is 95.1 Å². The Labute approximate surface area is 111 Å². The summed E-state index contributed by atoms with van der Waals surface area (Å²) in [6.45, 7) is 2.11. The summed E-state index contributed by atoms with van der Waals surface area (Å²) in [5.41, 5.74) is -0.765. The molecule has 1 fully saturated rings. The van der Waals surface area contributed by atoms with Gasteiger partial charge in [-0.3, -0.25) is 9.89 Å². The van der Waals surface area contributed by atoms with Crippen molar-refractivity contribution in [3.63, 3.8) is 0 Å². The van der Waals surface area contributed by atoms with Crippen LogP contribution in [0, 0.1) is 5.92 Å². The van der Waals surface area contributed by atoms with Gasteiger partial charge in [-0.1, -0.05) is 13.3 Å². The monoisotopic (exact) mass is 265 g/mol. The van der Waals surface area contributed by atoms with Crippen LogP contribution in [0.4, 0.5) is 0 Å². The fourth-order valence-corrected chi connectivity index (χ4v) is 2.64. The molecule has 104 valence electrons. The van der Waals surface area contributed by atoms with E-state index in [1.165, 1.54) is 12.4 Å². The summed E-state index contributed by atoms with van der Waals surface area (Å²) in [5, 5.41) is 18.4. The first-order chi connectivity index (χ1) is 9.07. The van der Waals surface area contributed by atoms with Crippen molar-refractivity contribution in [2.45, 2.75) is 44.6 Å². The van der Waals surface area contributed by atoms with E-state index in [2.05, 4.69) is 22.4 Å². The van der Waals surface area contributed by atoms with Crippen molar-refractivity contribution in [3.8, 4) is 0 Å². The van der Waals surface area contributed by atoms with Gasteiger partial charge in [-0.15, -0.1) is 0 Å². The van der Waals surface area contributed by atoms with Gasteiger partial charge in [-0.25, -0.2) is 4.79 Å². The van der Waals surface area contributed by atoms with Crippen molar-refractivity contribution >= 4 is 11.9 Å². The molecule has 1 aliphatic carbocycles. The second kappa shape index (κ2) is 5.42. The van der Waals surface area contributed by atoms with Gasteiger partial charge in [0.05, 0.1) is 11.8 Å². The summed E-state index contributed by atoms with van der Waals surface area (Å²) in [5.74, 6) is -0.761. The molecule has 1 aromatic heterocycles. The Morgan fingerprint density at radius 3 is 2.68 bits per heavy atom. The van der Waals surface area contributed by atoms with Gasteiger partial charge < -0.3 is 10.4 Å². The van der Waals surface area contributed by atoms with Crippen LogP contribution in [-0.2, 0) is 4.79 Å². The van der Waals surface area contributed by atoms with Crippen LogP contribution in [0.5, 0.6) is 0 Å². The van der Waals surface area contributed by atoms with Gasteiger partial charge in [0.1, 0.15) is 5.54 Å². The van der Waals surface area contributed by atoms with Gasteiger partial charge in [0.15, 0.2) is 0 Å². The predicted molar refractivity (Wildman–Crippen MR) is 68.7 cm³/mol. The van der Waals surface area contributed by atoms with E-state index in [1.54, 1.807) is 0 Å². The SMILES string of the molecule is CCC1CCC(NC(=O)c2cn[nH]c2)(C(=O)O)CC1. The van der Waals surface area contributed by atoms with Crippen molar-refractivity contribution in [1.29, 1.82) is 0 Å². The van der Waals surface area contributed by atoms with E-state index < -0.39 is 11.5 Å². The number of carboxylic acids is 1. The second-order valence-electron chi connectivity index (χ2n) is 5.18. The molecule has 0 spiro atoms. The van der Waals surface area contributed by atoms with Crippen LogP contribution in [0.1, 0.15) is 49.4 Å². The van der Waals surface area contributed by atoms with E-state index in [4.69, 9.17) is 0 Å². The highest BCUT2D eigenvalue weighted by Crippen LogP contribution is 2.34. The van der Waals surface area contributed by atoms with Crippen LogP contribution in [0.2, 0.25) is 0 Å². The number of carboxylic acid groups (broad SMARTS) is 1. The van der Waals surface area contributed by atoms with Gasteiger partial charge in [0, 0.05) is 6.20 Å². The number of nitrogens with one attached hydrogen (secondary N) is 2. The molecule has 0 aliphatic heterocycles. The molecule has 0 atom stereocenters. The molecule has 1 aliphatic rings. The van der Waals surface area contributed by atoms with Crippen LogP contribution in [0.3, 0.4) is 0 Å². The molecule has 0 radical (unpaired) electrons. The number of aliphatic carboxylic acids is 1. The minimum Gasteiger partial charge on any atom is -0.480 e. The molecule has 0 bridgehead atoms. The Morgan fingerprint density at radius 2 is 2.21 bits per heavy atom. The van der Waals surface area contributed by atoms with E-state index in [0.717, 1.165) is 19.3 Å². The Kier molecular flexibility index (Phi) is 3.87. The fraction of sp³-hybridized carbons (Fsp3) is 0.615. The number of hydrogen-bond acceptors (Lipinski definition) is 3. The number of carbonyl (C=O) groups excluding carboxylic acids is 1. The first-order valence-corrected chi connectivity index (χ1v) is 6.62. The fourth-order valence-electron chi connectivity index (χ4n) is 2.64. The number of nitrogens with zero attached hydrogens (tertiary/aromatic N) is 1. The Morgan fingerprint density at radius 1 is 1.53 bits per heavy atom. The highest BCUT2D eigenvalue weighted by atomic mass is 16.4. The third-order valence-corrected chi connectivity index (χ3v) is 4.06. The first kappa shape index (κ1) is 13.6. The maximum atomic E-state index is 12.0. The first-order valence-electron chi connectivity index (χ1n) is 6.62. The molecule has 2 rings (SSSR count). The average molecular weight is 265 g/mol. The third kappa shape index (κ3) is 2.77. The van der Waals surface area contributed by atoms with Crippen molar-refractivity contribution < 1.29 is 14.7 Å². The lowest BCUT2D eigenvalue weighted by Gasteiger charge is -2.37. The molecule has 6 heteroatoms. The lowest BCUT2D eigenvalue weighted by molar-refractivity contribution is -0.146. The highest BCUT2D eigenvalue weighted by Gasteiger charge is 2.43. The molecule has 3 N–H and O–H groups in total. The molecule has 6 nitrogen and oxygen atoms in total. The van der Waals surface area contributed by atoms with Gasteiger partial charge in [0.2, 0.25) is 0 Å². The van der Waals surface area contributed by atoms with Crippen LogP contribution in [0.15, 0.2) is 12.4 Å². The van der Waals surface area contributed by atoms with E-state index in [1.807, 2.05) is 0 Å². The smallest absolute Gasteiger partial charge is 0.329 e. The van der Waals surface area contributed by atoms with Crippen molar-refractivity contribution in [1.82, 2.24) is 15.5 Å². The lowest BCUT2D eigenvalue weighted by Crippen LogP contribution is -2.56. The van der Waals surface area contributed by atoms with Crippen LogP contribution in [0.25, 0.3) is 0 Å². The zero-order valence-corrected chi connectivity index (χ0v) is 11.0. The zero-order chi connectivity index (χ0) is 13.9. The summed E-state index contributed by atoms with van der Waals surface area (Å²) in [6, 6.07) is 0. The molecule has 0 aromatic carbocycles. The van der Waals surface area contributed by atoms with Crippen LogP contribution in [-0.4, -0.2) is 32.7 Å². The number of aromatic amines is 1. The lowest BCUT2D eigenvalue weighted by atomic mass is 9.75. The van der Waals surface area contributed by atoms with Gasteiger partial charge in [-0.2, -0.15) is 5.10 Å². The number of hydrogen-bond donors (Lipinski definition) is 3. The molecule has 1 saturated carbocycles. The number of carbonyl (C=O) groups is 2. The van der Waals surface area contributed by atoms with E-state index in [0.29, 0.717) is 24.3 Å². The Hall–Kier alpha value is -1.85. The van der Waals surface area contributed by atoms with Crippen molar-refractivity contribution in [2.24, 2.45) is 5.92 Å². The Balaban J connectivity index is 2.09. The van der Waals surface area contributed by atoms with Crippen LogP contribution >= 0.6 is 0 Å². The summed E-state index contributed by atoms with van der Waals surface area (Å²) in [6.07, 6.45) is 6.58. The van der Waals surface area contributed by atoms with Gasteiger partial charge >= 0.3 is 5.97 Å². The normalized spacial score (nSPS) is 26.9. The summed E-state index contributed by atoms with van der Waals surface area (Å²) >= 11 is 0. The average Bonchev–Trinajstić information content (AvgIpc) is 2.93. The van der Waals surface area contributed by atoms with Crippen LogP contribution < -0.4 is 5.32 Å². The number of aromatic nitrogens is 2. The molecule has 1 heterocycles. The molecule has 1 aromatic rings. The molecule has 0 saturated heterocycles. The molecular weight excluding hydrogens is 246 g/mol. The minimum atomic E-state index is -1.12. The minimum absolute atomic E-state index is 0.359. The molecule has 1 amide bonds. The van der Waals surface area contributed by atoms with E-state index in [-0.39, 0.29) is 5.91 Å². The largest absolute Gasteiger partial charge is 0.480 e. The zero-order valence-electron chi connectivity index (χ0n) is 11.0. The summed E-state index contributed by atoms with van der Waals surface area (Å²) < 4.78 is 0. The van der Waals surface area contributed by atoms with Crippen molar-refractivity contribution in [3.05, 3.63) is 18.0 Å². The van der Waals surface area contributed by atoms with Gasteiger partial charge in [-0.05, 0) is 31.6 Å². The molecule has 0 unspecified atom stereocenters. The predicted octanol–water partition coefficient (Wildman–Crippen LogP) is 1.56. The number of rotatable bonds is 4. The Bertz CT molecular complexity index is 448. The summed E-state index contributed by atoms with van der Waals surface area (Å²) in [4.78, 5) is 23.5. The number of amides is 1. The second-order valence-corrected chi connectivity index (χ2v) is 5.18. The molecule has 19 heavy (non-hydrogen) atoms. The number of H-pyrrole nitrogens is 1. The quantitative estimate of drug-likeness (QED) is 0.770. The highest BCUT2D eigenvalue weighted by molar-refractivity contribution is 5.97. The maximum Gasteiger partial charge on any atom is 0.329 e. The standard InChI is InChI=1S/C13H19N3O3/c1-2-9-3-5-13(6-4-9,12(18)19)16-11(17)10-7-14-15-8-10/h7-9H,2-6H2,1H3,(H,14,15)(H,16,17)(H,18,19).